The molecule has 1 aliphatic heterocycles. The Hall–Kier alpha value is -1.11. The molecule has 0 spiro atoms. The predicted octanol–water partition coefficient (Wildman–Crippen LogP) is 1.32. The van der Waals surface area contributed by atoms with E-state index in [1.165, 1.54) is 24.3 Å². The smallest absolute Gasteiger partial charge is 0.238 e. The van der Waals surface area contributed by atoms with Crippen LogP contribution in [0.4, 0.5) is 0 Å². The number of sulfone groups is 1. The fourth-order valence-electron chi connectivity index (χ4n) is 2.39. The largest absolute Gasteiger partial charge is 0.342 e. The van der Waals surface area contributed by atoms with Crippen molar-refractivity contribution in [2.45, 2.75) is 23.8 Å². The molecule has 1 amide bonds. The lowest BCUT2D eigenvalue weighted by atomic mass is 10.1. The highest BCUT2D eigenvalue weighted by Gasteiger charge is 2.26. The highest BCUT2D eigenvalue weighted by Crippen LogP contribution is 2.17. The van der Waals surface area contributed by atoms with Crippen LogP contribution in [0.5, 0.6) is 0 Å². The van der Waals surface area contributed by atoms with E-state index in [-0.39, 0.29) is 16.8 Å². The third-order valence-electron chi connectivity index (χ3n) is 3.74. The fraction of sp³-hybridized carbons (Fsp3) is 0.500. The SMILES string of the molecule is CN(C(=O)CS(=O)(=O)c1ccc(Cl)cc1)C1CCNCC1. The second-order valence-electron chi connectivity index (χ2n) is 5.20. The number of hydrogen-bond donors (Lipinski definition) is 1. The fourth-order valence-corrected chi connectivity index (χ4v) is 3.76. The van der Waals surface area contributed by atoms with Crippen LogP contribution in [-0.4, -0.2) is 51.2 Å². The van der Waals surface area contributed by atoms with Crippen molar-refractivity contribution in [3.05, 3.63) is 29.3 Å². The quantitative estimate of drug-likeness (QED) is 0.904. The molecule has 21 heavy (non-hydrogen) atoms. The number of rotatable bonds is 4. The van der Waals surface area contributed by atoms with Crippen LogP contribution in [0.25, 0.3) is 0 Å². The molecule has 1 fully saturated rings. The molecule has 0 aliphatic carbocycles. The Balaban J connectivity index is 2.05. The summed E-state index contributed by atoms with van der Waals surface area (Å²) in [4.78, 5) is 13.9. The van der Waals surface area contributed by atoms with Gasteiger partial charge in [-0.3, -0.25) is 4.79 Å². The Morgan fingerprint density at radius 2 is 1.86 bits per heavy atom. The van der Waals surface area contributed by atoms with Gasteiger partial charge in [-0.15, -0.1) is 0 Å². The van der Waals surface area contributed by atoms with Crippen molar-refractivity contribution in [3.63, 3.8) is 0 Å². The molecule has 0 bridgehead atoms. The summed E-state index contributed by atoms with van der Waals surface area (Å²) in [6.07, 6.45) is 1.70. The Morgan fingerprint density at radius 3 is 2.43 bits per heavy atom. The number of carbonyl (C=O) groups is 1. The Labute approximate surface area is 130 Å². The second-order valence-corrected chi connectivity index (χ2v) is 7.62. The Morgan fingerprint density at radius 1 is 1.29 bits per heavy atom. The summed E-state index contributed by atoms with van der Waals surface area (Å²) >= 11 is 5.74. The van der Waals surface area contributed by atoms with Gasteiger partial charge >= 0.3 is 0 Å². The van der Waals surface area contributed by atoms with Crippen LogP contribution in [0.3, 0.4) is 0 Å². The zero-order valence-electron chi connectivity index (χ0n) is 11.9. The third-order valence-corrected chi connectivity index (χ3v) is 5.61. The van der Waals surface area contributed by atoms with E-state index in [0.29, 0.717) is 5.02 Å². The van der Waals surface area contributed by atoms with Gasteiger partial charge in [-0.05, 0) is 50.2 Å². The average molecular weight is 331 g/mol. The van der Waals surface area contributed by atoms with Gasteiger partial charge in [-0.1, -0.05) is 11.6 Å². The van der Waals surface area contributed by atoms with E-state index >= 15 is 0 Å². The van der Waals surface area contributed by atoms with Gasteiger partial charge in [0.05, 0.1) is 4.90 Å². The average Bonchev–Trinajstić information content (AvgIpc) is 2.47. The number of nitrogens with one attached hydrogen (secondary N) is 1. The number of piperidine rings is 1. The highest BCUT2D eigenvalue weighted by atomic mass is 35.5. The van der Waals surface area contributed by atoms with Gasteiger partial charge in [0.15, 0.2) is 9.84 Å². The minimum Gasteiger partial charge on any atom is -0.342 e. The first-order valence-corrected chi connectivity index (χ1v) is 8.88. The van der Waals surface area contributed by atoms with Crippen molar-refractivity contribution in [2.24, 2.45) is 0 Å². The summed E-state index contributed by atoms with van der Waals surface area (Å²) < 4.78 is 24.5. The summed E-state index contributed by atoms with van der Waals surface area (Å²) in [7, 11) is -1.95. The number of nitrogens with zero attached hydrogens (tertiary/aromatic N) is 1. The molecule has 2 rings (SSSR count). The molecule has 0 radical (unpaired) electrons. The van der Waals surface area contributed by atoms with Crippen molar-refractivity contribution in [3.8, 4) is 0 Å². The van der Waals surface area contributed by atoms with Crippen LogP contribution in [0.2, 0.25) is 5.02 Å². The first-order valence-electron chi connectivity index (χ1n) is 6.85. The van der Waals surface area contributed by atoms with Crippen LogP contribution < -0.4 is 5.32 Å². The van der Waals surface area contributed by atoms with Crippen molar-refractivity contribution < 1.29 is 13.2 Å². The third kappa shape index (κ3) is 4.18. The molecule has 5 nitrogen and oxygen atoms in total. The minimum atomic E-state index is -3.63. The molecule has 1 saturated heterocycles. The molecule has 0 atom stereocenters. The summed E-state index contributed by atoms with van der Waals surface area (Å²) in [5.74, 6) is -0.869. The lowest BCUT2D eigenvalue weighted by molar-refractivity contribution is -0.129. The van der Waals surface area contributed by atoms with Gasteiger partial charge in [0, 0.05) is 18.1 Å². The molecule has 0 aromatic heterocycles. The molecule has 1 N–H and O–H groups in total. The highest BCUT2D eigenvalue weighted by molar-refractivity contribution is 7.92. The first kappa shape index (κ1) is 16.3. The molecule has 1 heterocycles. The minimum absolute atomic E-state index is 0.110. The van der Waals surface area contributed by atoms with Crippen molar-refractivity contribution >= 4 is 27.3 Å². The standard InChI is InChI=1S/C14H19ClN2O3S/c1-17(12-6-8-16-9-7-12)14(18)10-21(19,20)13-4-2-11(15)3-5-13/h2-5,12,16H,6-10H2,1H3. The summed E-state index contributed by atoms with van der Waals surface area (Å²) in [6, 6.07) is 5.98. The van der Waals surface area contributed by atoms with Crippen LogP contribution in [0.15, 0.2) is 29.2 Å². The lowest BCUT2D eigenvalue weighted by Crippen LogP contribution is -2.45. The topological polar surface area (TPSA) is 66.5 Å². The summed E-state index contributed by atoms with van der Waals surface area (Å²) in [6.45, 7) is 1.71. The van der Waals surface area contributed by atoms with Crippen LogP contribution in [0.1, 0.15) is 12.8 Å². The lowest BCUT2D eigenvalue weighted by Gasteiger charge is -2.31. The Bertz CT molecular complexity index is 595. The van der Waals surface area contributed by atoms with Crippen molar-refractivity contribution in [1.82, 2.24) is 10.2 Å². The van der Waals surface area contributed by atoms with Crippen LogP contribution >= 0.6 is 11.6 Å². The maximum Gasteiger partial charge on any atom is 0.238 e. The van der Waals surface area contributed by atoms with Gasteiger partial charge in [0.25, 0.3) is 0 Å². The first-order chi connectivity index (χ1) is 9.90. The van der Waals surface area contributed by atoms with E-state index in [1.807, 2.05) is 0 Å². The van der Waals surface area contributed by atoms with E-state index in [2.05, 4.69) is 5.32 Å². The van der Waals surface area contributed by atoms with Gasteiger partial charge in [-0.25, -0.2) is 8.42 Å². The molecule has 1 aliphatic rings. The van der Waals surface area contributed by atoms with E-state index in [0.717, 1.165) is 25.9 Å². The second kappa shape index (κ2) is 6.77. The number of benzene rings is 1. The zero-order chi connectivity index (χ0) is 15.5. The van der Waals surface area contributed by atoms with Gasteiger partial charge in [-0.2, -0.15) is 0 Å². The monoisotopic (exact) mass is 330 g/mol. The zero-order valence-corrected chi connectivity index (χ0v) is 13.5. The molecule has 1 aromatic rings. The number of amides is 1. The molecule has 116 valence electrons. The van der Waals surface area contributed by atoms with E-state index in [9.17, 15) is 13.2 Å². The molecular formula is C14H19ClN2O3S. The van der Waals surface area contributed by atoms with Crippen LogP contribution in [0, 0.1) is 0 Å². The van der Waals surface area contributed by atoms with Crippen molar-refractivity contribution in [1.29, 1.82) is 0 Å². The normalized spacial score (nSPS) is 16.7. The summed E-state index contributed by atoms with van der Waals surface area (Å²) in [5, 5.41) is 3.68. The van der Waals surface area contributed by atoms with Crippen molar-refractivity contribution in [2.75, 3.05) is 25.9 Å². The number of hydrogen-bond acceptors (Lipinski definition) is 4. The van der Waals surface area contributed by atoms with E-state index in [1.54, 1.807) is 11.9 Å². The van der Waals surface area contributed by atoms with E-state index in [4.69, 9.17) is 11.6 Å². The molecular weight excluding hydrogens is 312 g/mol. The molecule has 7 heteroatoms. The number of halogens is 1. The predicted molar refractivity (Wildman–Crippen MR) is 82.2 cm³/mol. The molecule has 0 unspecified atom stereocenters. The Kier molecular flexibility index (Phi) is 5.24. The van der Waals surface area contributed by atoms with Gasteiger partial charge in [0.1, 0.15) is 5.75 Å². The van der Waals surface area contributed by atoms with Crippen LogP contribution in [-0.2, 0) is 14.6 Å². The van der Waals surface area contributed by atoms with E-state index < -0.39 is 15.6 Å². The maximum absolute atomic E-state index is 12.2. The van der Waals surface area contributed by atoms with Gasteiger partial charge < -0.3 is 10.2 Å². The molecule has 0 saturated carbocycles. The maximum atomic E-state index is 12.2. The number of carbonyl (C=O) groups excluding carboxylic acids is 1. The van der Waals surface area contributed by atoms with Gasteiger partial charge in [0.2, 0.25) is 5.91 Å². The summed E-state index contributed by atoms with van der Waals surface area (Å²) in [5.41, 5.74) is 0. The molecule has 1 aromatic carbocycles.